The molecule has 1 nitrogen and oxygen atoms in total. The van der Waals surface area contributed by atoms with Crippen molar-refractivity contribution in [2.45, 2.75) is 26.2 Å². The largest absolute Gasteiger partial charge is 0.296 e. The number of hydrogen-bond donors (Lipinski definition) is 0. The maximum Gasteiger partial charge on any atom is 0.110 e. The summed E-state index contributed by atoms with van der Waals surface area (Å²) < 4.78 is 12.7. The SMILES string of the molecule is CCCCN1CCC=C(F)C1. The Morgan fingerprint density at radius 2 is 2.45 bits per heavy atom. The zero-order chi connectivity index (χ0) is 8.10. The lowest BCUT2D eigenvalue weighted by Gasteiger charge is -2.23. The molecule has 0 amide bonds. The monoisotopic (exact) mass is 157 g/mol. The summed E-state index contributed by atoms with van der Waals surface area (Å²) in [6.45, 7) is 4.79. The summed E-state index contributed by atoms with van der Waals surface area (Å²) in [5.41, 5.74) is 0. The molecule has 0 atom stereocenters. The minimum absolute atomic E-state index is 0.0485. The van der Waals surface area contributed by atoms with Gasteiger partial charge in [0, 0.05) is 13.1 Å². The summed E-state index contributed by atoms with van der Waals surface area (Å²) >= 11 is 0. The van der Waals surface area contributed by atoms with E-state index < -0.39 is 0 Å². The highest BCUT2D eigenvalue weighted by atomic mass is 19.1. The third-order valence-electron chi connectivity index (χ3n) is 2.01. The van der Waals surface area contributed by atoms with Crippen molar-refractivity contribution in [2.24, 2.45) is 0 Å². The van der Waals surface area contributed by atoms with Crippen LogP contribution in [-0.4, -0.2) is 24.5 Å². The number of rotatable bonds is 3. The van der Waals surface area contributed by atoms with Crippen LogP contribution in [-0.2, 0) is 0 Å². The lowest BCUT2D eigenvalue weighted by atomic mass is 10.2. The van der Waals surface area contributed by atoms with Crippen LogP contribution in [0, 0.1) is 0 Å². The summed E-state index contributed by atoms with van der Waals surface area (Å²) in [5, 5.41) is 0. The molecule has 1 rings (SSSR count). The maximum absolute atomic E-state index is 12.7. The summed E-state index contributed by atoms with van der Waals surface area (Å²) in [6.07, 6.45) is 4.97. The number of hydrogen-bond acceptors (Lipinski definition) is 1. The van der Waals surface area contributed by atoms with Crippen molar-refractivity contribution in [3.05, 3.63) is 11.9 Å². The van der Waals surface area contributed by atoms with Crippen molar-refractivity contribution in [3.63, 3.8) is 0 Å². The molecule has 0 spiro atoms. The van der Waals surface area contributed by atoms with Gasteiger partial charge in [-0.05, 0) is 19.4 Å². The van der Waals surface area contributed by atoms with E-state index in [-0.39, 0.29) is 5.83 Å². The first kappa shape index (κ1) is 8.72. The first-order chi connectivity index (χ1) is 5.33. The number of halogens is 1. The first-order valence-electron chi connectivity index (χ1n) is 4.40. The molecular formula is C9H16FN. The van der Waals surface area contributed by atoms with Crippen LogP contribution in [0.4, 0.5) is 4.39 Å². The Morgan fingerprint density at radius 3 is 3.09 bits per heavy atom. The second-order valence-corrected chi connectivity index (χ2v) is 3.07. The molecule has 0 saturated heterocycles. The molecule has 0 aliphatic carbocycles. The van der Waals surface area contributed by atoms with Crippen LogP contribution in [0.5, 0.6) is 0 Å². The second-order valence-electron chi connectivity index (χ2n) is 3.07. The molecule has 0 N–H and O–H groups in total. The van der Waals surface area contributed by atoms with Gasteiger partial charge in [0.1, 0.15) is 5.83 Å². The van der Waals surface area contributed by atoms with E-state index in [9.17, 15) is 4.39 Å². The van der Waals surface area contributed by atoms with Gasteiger partial charge in [-0.3, -0.25) is 4.90 Å². The Bertz CT molecular complexity index is 142. The summed E-state index contributed by atoms with van der Waals surface area (Å²) in [7, 11) is 0. The van der Waals surface area contributed by atoms with Crippen LogP contribution in [0.3, 0.4) is 0 Å². The highest BCUT2D eigenvalue weighted by Crippen LogP contribution is 2.10. The molecular weight excluding hydrogens is 141 g/mol. The molecule has 0 aromatic heterocycles. The second kappa shape index (κ2) is 4.50. The predicted molar refractivity (Wildman–Crippen MR) is 45.2 cm³/mol. The average Bonchev–Trinajstić information content (AvgIpc) is 2.01. The van der Waals surface area contributed by atoms with Crippen LogP contribution in [0.2, 0.25) is 0 Å². The normalized spacial score (nSPS) is 20.0. The van der Waals surface area contributed by atoms with Crippen molar-refractivity contribution >= 4 is 0 Å². The Labute approximate surface area is 67.9 Å². The lowest BCUT2D eigenvalue weighted by Crippen LogP contribution is -2.29. The van der Waals surface area contributed by atoms with Gasteiger partial charge in [0.15, 0.2) is 0 Å². The van der Waals surface area contributed by atoms with Crippen molar-refractivity contribution in [2.75, 3.05) is 19.6 Å². The van der Waals surface area contributed by atoms with Gasteiger partial charge in [-0.25, -0.2) is 4.39 Å². The van der Waals surface area contributed by atoms with Crippen molar-refractivity contribution in [1.29, 1.82) is 0 Å². The molecule has 11 heavy (non-hydrogen) atoms. The van der Waals surface area contributed by atoms with Crippen LogP contribution >= 0.6 is 0 Å². The van der Waals surface area contributed by atoms with Crippen LogP contribution in [0.25, 0.3) is 0 Å². The smallest absolute Gasteiger partial charge is 0.110 e. The fourth-order valence-corrected chi connectivity index (χ4v) is 1.33. The van der Waals surface area contributed by atoms with Crippen LogP contribution < -0.4 is 0 Å². The van der Waals surface area contributed by atoms with E-state index in [4.69, 9.17) is 0 Å². The fraction of sp³-hybridized carbons (Fsp3) is 0.778. The molecule has 2 heteroatoms. The molecule has 1 aliphatic heterocycles. The highest BCUT2D eigenvalue weighted by Gasteiger charge is 2.10. The van der Waals surface area contributed by atoms with E-state index in [0.717, 1.165) is 19.5 Å². The third kappa shape index (κ3) is 3.02. The molecule has 0 saturated carbocycles. The average molecular weight is 157 g/mol. The molecule has 0 bridgehead atoms. The van der Waals surface area contributed by atoms with E-state index in [1.807, 2.05) is 0 Å². The minimum Gasteiger partial charge on any atom is -0.296 e. The molecule has 1 heterocycles. The standard InChI is InChI=1S/C9H16FN/c1-2-3-6-11-7-4-5-9(10)8-11/h5H,2-4,6-8H2,1H3. The lowest BCUT2D eigenvalue weighted by molar-refractivity contribution is 0.263. The third-order valence-corrected chi connectivity index (χ3v) is 2.01. The fourth-order valence-electron chi connectivity index (χ4n) is 1.33. The van der Waals surface area contributed by atoms with Gasteiger partial charge < -0.3 is 0 Å². The van der Waals surface area contributed by atoms with Gasteiger partial charge in [-0.15, -0.1) is 0 Å². The molecule has 64 valence electrons. The zero-order valence-electron chi connectivity index (χ0n) is 7.15. The van der Waals surface area contributed by atoms with Gasteiger partial charge in [0.2, 0.25) is 0 Å². The molecule has 0 aromatic carbocycles. The van der Waals surface area contributed by atoms with Crippen LogP contribution in [0.1, 0.15) is 26.2 Å². The Hall–Kier alpha value is -0.370. The van der Waals surface area contributed by atoms with Gasteiger partial charge >= 0.3 is 0 Å². The van der Waals surface area contributed by atoms with E-state index in [0.29, 0.717) is 6.54 Å². The van der Waals surface area contributed by atoms with E-state index in [1.54, 1.807) is 6.08 Å². The zero-order valence-corrected chi connectivity index (χ0v) is 7.15. The highest BCUT2D eigenvalue weighted by molar-refractivity contribution is 4.98. The Kier molecular flexibility index (Phi) is 3.57. The van der Waals surface area contributed by atoms with Gasteiger partial charge in [0.05, 0.1) is 0 Å². The van der Waals surface area contributed by atoms with E-state index in [1.165, 1.54) is 12.8 Å². The minimum atomic E-state index is 0.0485. The summed E-state index contributed by atoms with van der Waals surface area (Å²) in [6, 6.07) is 0. The molecule has 1 aliphatic rings. The quantitative estimate of drug-likeness (QED) is 0.607. The molecule has 0 fully saturated rings. The van der Waals surface area contributed by atoms with Crippen molar-refractivity contribution < 1.29 is 4.39 Å². The van der Waals surface area contributed by atoms with E-state index >= 15 is 0 Å². The van der Waals surface area contributed by atoms with Gasteiger partial charge in [0.25, 0.3) is 0 Å². The number of unbranched alkanes of at least 4 members (excludes halogenated alkanes) is 1. The summed E-state index contributed by atoms with van der Waals surface area (Å²) in [4.78, 5) is 2.18. The van der Waals surface area contributed by atoms with Gasteiger partial charge in [-0.1, -0.05) is 19.4 Å². The predicted octanol–water partition coefficient (Wildman–Crippen LogP) is 2.35. The first-order valence-corrected chi connectivity index (χ1v) is 4.40. The topological polar surface area (TPSA) is 3.24 Å². The molecule has 0 aromatic rings. The molecule has 0 radical (unpaired) electrons. The van der Waals surface area contributed by atoms with Crippen LogP contribution in [0.15, 0.2) is 11.9 Å². The van der Waals surface area contributed by atoms with Crippen molar-refractivity contribution in [1.82, 2.24) is 4.90 Å². The number of nitrogens with zero attached hydrogens (tertiary/aromatic N) is 1. The maximum atomic E-state index is 12.7. The van der Waals surface area contributed by atoms with E-state index in [2.05, 4.69) is 11.8 Å². The van der Waals surface area contributed by atoms with Crippen molar-refractivity contribution in [3.8, 4) is 0 Å². The molecule has 0 unspecified atom stereocenters. The Morgan fingerprint density at radius 1 is 1.64 bits per heavy atom. The Balaban J connectivity index is 2.21. The van der Waals surface area contributed by atoms with Gasteiger partial charge in [-0.2, -0.15) is 0 Å². The summed E-state index contributed by atoms with van der Waals surface area (Å²) in [5.74, 6) is 0.0485.